The van der Waals surface area contributed by atoms with Gasteiger partial charge in [-0.05, 0) is 6.08 Å². The molecule has 4 nitrogen and oxygen atoms in total. The van der Waals surface area contributed by atoms with E-state index < -0.39 is 27.5 Å². The van der Waals surface area contributed by atoms with Crippen LogP contribution in [-0.4, -0.2) is 24.9 Å². The topological polar surface area (TPSA) is 71.3 Å². The molecule has 1 aliphatic rings. The van der Waals surface area contributed by atoms with Crippen LogP contribution in [0.2, 0.25) is 0 Å². The number of H-pyrrole nitrogens is 1. The lowest BCUT2D eigenvalue weighted by Gasteiger charge is -2.30. The first-order valence-electron chi connectivity index (χ1n) is 5.68. The Balaban J connectivity index is 0.000000250. The van der Waals surface area contributed by atoms with Crippen molar-refractivity contribution in [2.45, 2.75) is 13.1 Å². The monoisotopic (exact) mass is 285 g/mol. The zero-order valence-corrected chi connectivity index (χ0v) is 11.3. The molecule has 0 bridgehead atoms. The number of allylic oxidation sites excluding steroid dienone is 4. The number of nitrogens with one attached hydrogen (secondary N) is 1. The number of hydrogen-bond acceptors (Lipinski definition) is 3. The van der Waals surface area contributed by atoms with Crippen molar-refractivity contribution in [1.82, 2.24) is 0 Å². The van der Waals surface area contributed by atoms with E-state index in [-0.39, 0.29) is 0 Å². The number of alkyl halides is 1. The summed E-state index contributed by atoms with van der Waals surface area (Å²) < 4.78 is 44.6. The first-order chi connectivity index (χ1) is 8.83. The van der Waals surface area contributed by atoms with Crippen LogP contribution in [0.15, 0.2) is 54.9 Å². The lowest BCUT2D eigenvalue weighted by Crippen LogP contribution is -2.34. The second-order valence-electron chi connectivity index (χ2n) is 4.43. The molecule has 2 rings (SSSR count). The number of hydrogen-bond donors (Lipinski definition) is 0. The Bertz CT molecular complexity index is 516. The summed E-state index contributed by atoms with van der Waals surface area (Å²) in [4.78, 5) is 2.89. The van der Waals surface area contributed by atoms with Crippen molar-refractivity contribution in [2.75, 3.05) is 5.75 Å². The van der Waals surface area contributed by atoms with Gasteiger partial charge in [-0.2, -0.15) is 0 Å². The summed E-state index contributed by atoms with van der Waals surface area (Å²) in [5, 5.41) is 0. The molecule has 104 valence electrons. The average molecular weight is 285 g/mol. The van der Waals surface area contributed by atoms with Crippen molar-refractivity contribution >= 4 is 10.1 Å². The van der Waals surface area contributed by atoms with Crippen LogP contribution in [0.25, 0.3) is 0 Å². The third-order valence-electron chi connectivity index (χ3n) is 2.59. The van der Waals surface area contributed by atoms with Crippen LogP contribution in [0.3, 0.4) is 0 Å². The van der Waals surface area contributed by atoms with Gasteiger partial charge in [0.15, 0.2) is 12.4 Å². The van der Waals surface area contributed by atoms with Gasteiger partial charge in [0.1, 0.15) is 6.17 Å². The van der Waals surface area contributed by atoms with E-state index in [0.29, 0.717) is 0 Å². The summed E-state index contributed by atoms with van der Waals surface area (Å²) in [5.41, 5.74) is -1.21. The van der Waals surface area contributed by atoms with Crippen LogP contribution >= 0.6 is 0 Å². The normalized spacial score (nSPS) is 25.5. The van der Waals surface area contributed by atoms with Crippen molar-refractivity contribution in [2.24, 2.45) is 5.41 Å². The van der Waals surface area contributed by atoms with E-state index in [2.05, 4.69) is 4.98 Å². The molecule has 1 aromatic heterocycles. The van der Waals surface area contributed by atoms with Gasteiger partial charge in [-0.1, -0.05) is 31.2 Å². The minimum atomic E-state index is -4.39. The molecule has 19 heavy (non-hydrogen) atoms. The second-order valence-corrected chi connectivity index (χ2v) is 5.83. The third kappa shape index (κ3) is 5.76. The summed E-state index contributed by atoms with van der Waals surface area (Å²) >= 11 is 0. The van der Waals surface area contributed by atoms with Crippen LogP contribution in [-0.2, 0) is 10.1 Å². The number of halogens is 1. The van der Waals surface area contributed by atoms with Crippen LogP contribution in [0.1, 0.15) is 6.92 Å². The number of rotatable bonds is 2. The largest absolute Gasteiger partial charge is 0.748 e. The van der Waals surface area contributed by atoms with Crippen molar-refractivity contribution in [3.63, 3.8) is 0 Å². The van der Waals surface area contributed by atoms with Crippen molar-refractivity contribution in [3.05, 3.63) is 54.9 Å². The summed E-state index contributed by atoms with van der Waals surface area (Å²) in [7, 11) is -4.39. The van der Waals surface area contributed by atoms with Gasteiger partial charge < -0.3 is 4.55 Å². The van der Waals surface area contributed by atoms with E-state index >= 15 is 0 Å². The third-order valence-corrected chi connectivity index (χ3v) is 3.57. The summed E-state index contributed by atoms with van der Waals surface area (Å²) in [6.07, 6.45) is 8.02. The highest BCUT2D eigenvalue weighted by atomic mass is 32.2. The fourth-order valence-electron chi connectivity index (χ4n) is 1.60. The first kappa shape index (κ1) is 15.5. The van der Waals surface area contributed by atoms with Crippen LogP contribution < -0.4 is 4.98 Å². The summed E-state index contributed by atoms with van der Waals surface area (Å²) in [6, 6.07) is 5.86. The zero-order valence-electron chi connectivity index (χ0n) is 10.5. The van der Waals surface area contributed by atoms with E-state index in [4.69, 9.17) is 0 Å². The van der Waals surface area contributed by atoms with Gasteiger partial charge >= 0.3 is 0 Å². The highest BCUT2D eigenvalue weighted by Crippen LogP contribution is 2.31. The maximum Gasteiger partial charge on any atom is 0.166 e. The van der Waals surface area contributed by atoms with Gasteiger partial charge in [0.2, 0.25) is 0 Å². The van der Waals surface area contributed by atoms with Gasteiger partial charge in [-0.15, -0.1) is 0 Å². The molecule has 0 amide bonds. The van der Waals surface area contributed by atoms with Crippen LogP contribution in [0.5, 0.6) is 0 Å². The molecule has 1 N–H and O–H groups in total. The van der Waals surface area contributed by atoms with Gasteiger partial charge in [-0.3, -0.25) is 0 Å². The molecule has 2 unspecified atom stereocenters. The van der Waals surface area contributed by atoms with Gasteiger partial charge in [0.25, 0.3) is 0 Å². The van der Waals surface area contributed by atoms with Crippen molar-refractivity contribution in [3.8, 4) is 0 Å². The summed E-state index contributed by atoms with van der Waals surface area (Å²) in [6.45, 7) is 1.41. The van der Waals surface area contributed by atoms with Crippen molar-refractivity contribution < 1.29 is 22.3 Å². The van der Waals surface area contributed by atoms with Crippen LogP contribution in [0.4, 0.5) is 4.39 Å². The number of pyridine rings is 1. The Labute approximate surface area is 112 Å². The fourth-order valence-corrected chi connectivity index (χ4v) is 2.62. The molecule has 1 aromatic rings. The fraction of sp³-hybridized carbons (Fsp3) is 0.308. The molecule has 0 fully saturated rings. The highest BCUT2D eigenvalue weighted by molar-refractivity contribution is 7.85. The van der Waals surface area contributed by atoms with E-state index in [1.807, 2.05) is 30.6 Å². The van der Waals surface area contributed by atoms with Crippen molar-refractivity contribution in [1.29, 1.82) is 0 Å². The Morgan fingerprint density at radius 3 is 2.26 bits per heavy atom. The Kier molecular flexibility index (Phi) is 5.38. The molecule has 0 aromatic carbocycles. The van der Waals surface area contributed by atoms with E-state index in [1.54, 1.807) is 6.08 Å². The number of aromatic nitrogens is 1. The Morgan fingerprint density at radius 2 is 1.89 bits per heavy atom. The minimum absolute atomic E-state index is 0.706. The smallest absolute Gasteiger partial charge is 0.166 e. The molecular weight excluding hydrogens is 269 g/mol. The maximum atomic E-state index is 13.2. The quantitative estimate of drug-likeness (QED) is 0.773. The second kappa shape index (κ2) is 6.58. The predicted octanol–water partition coefficient (Wildman–Crippen LogP) is 1.50. The number of aromatic amines is 1. The maximum absolute atomic E-state index is 13.2. The van der Waals surface area contributed by atoms with Gasteiger partial charge in [0.05, 0.1) is 15.9 Å². The van der Waals surface area contributed by atoms with Gasteiger partial charge in [0, 0.05) is 17.5 Å². The lowest BCUT2D eigenvalue weighted by atomic mass is 9.84. The predicted molar refractivity (Wildman–Crippen MR) is 68.8 cm³/mol. The zero-order chi connectivity index (χ0) is 14.4. The molecule has 0 radical (unpaired) electrons. The molecule has 0 aliphatic heterocycles. The minimum Gasteiger partial charge on any atom is -0.748 e. The standard InChI is InChI=1S/C8H11FO3S.C5H5N/c1-8(6-13(10,11)12)5-3-2-4-7(8)9;1-2-4-6-5-3-1/h2-5,7H,6H2,1H3,(H,10,11,12);1-5H. The highest BCUT2D eigenvalue weighted by Gasteiger charge is 2.33. The van der Waals surface area contributed by atoms with Crippen LogP contribution in [0, 0.1) is 5.41 Å². The molecule has 0 spiro atoms. The first-order valence-corrected chi connectivity index (χ1v) is 7.26. The molecule has 6 heteroatoms. The molecule has 2 atom stereocenters. The molecule has 0 saturated heterocycles. The molecular formula is C13H16FNO3S. The Morgan fingerprint density at radius 1 is 1.26 bits per heavy atom. The lowest BCUT2D eigenvalue weighted by molar-refractivity contribution is -0.377. The Hall–Kier alpha value is -1.53. The van der Waals surface area contributed by atoms with E-state index in [1.165, 1.54) is 25.2 Å². The average Bonchev–Trinajstić information content (AvgIpc) is 2.34. The van der Waals surface area contributed by atoms with Gasteiger partial charge in [-0.25, -0.2) is 17.8 Å². The van der Waals surface area contributed by atoms with E-state index in [0.717, 1.165) is 0 Å². The SMILES string of the molecule is CC1(CS(=O)(=O)[O-])C=CC=CC1F.c1cc[nH+]cc1. The molecule has 1 aliphatic carbocycles. The molecule has 1 heterocycles. The summed E-state index contributed by atoms with van der Waals surface area (Å²) in [5.74, 6) is -0.706. The van der Waals surface area contributed by atoms with E-state index in [9.17, 15) is 17.4 Å². The molecule has 0 saturated carbocycles.